The number of rotatable bonds is 3. The van der Waals surface area contributed by atoms with Gasteiger partial charge < -0.3 is 10.3 Å². The van der Waals surface area contributed by atoms with Crippen LogP contribution in [-0.4, -0.2) is 21.9 Å². The lowest BCUT2D eigenvalue weighted by Crippen LogP contribution is -2.41. The van der Waals surface area contributed by atoms with Gasteiger partial charge in [0.05, 0.1) is 6.33 Å². The summed E-state index contributed by atoms with van der Waals surface area (Å²) in [7, 11) is 0. The summed E-state index contributed by atoms with van der Waals surface area (Å²) in [4.78, 5) is 18.7. The predicted molar refractivity (Wildman–Crippen MR) is 68.8 cm³/mol. The number of aromatic nitrogens is 2. The van der Waals surface area contributed by atoms with Crippen molar-refractivity contribution in [1.29, 1.82) is 0 Å². The van der Waals surface area contributed by atoms with E-state index in [1.54, 1.807) is 13.3 Å². The second-order valence-corrected chi connectivity index (χ2v) is 5.86. The van der Waals surface area contributed by atoms with Crippen molar-refractivity contribution in [2.45, 2.75) is 45.1 Å². The molecule has 3 rings (SSSR count). The van der Waals surface area contributed by atoms with Gasteiger partial charge in [0.15, 0.2) is 0 Å². The summed E-state index contributed by atoms with van der Waals surface area (Å²) < 4.78 is 0. The molecular weight excluding hydrogens is 226 g/mol. The van der Waals surface area contributed by atoms with Crippen LogP contribution in [0.2, 0.25) is 0 Å². The zero-order valence-corrected chi connectivity index (χ0v) is 10.9. The maximum atomic E-state index is 11.4. The van der Waals surface area contributed by atoms with Crippen LogP contribution in [-0.2, 0) is 11.2 Å². The summed E-state index contributed by atoms with van der Waals surface area (Å²) in [5.41, 5.74) is 1.19. The second kappa shape index (κ2) is 4.75. The SMILES string of the molecule is CC(=O)N[C@@H]1[C@@H](Cc2cnc[nH]2)CC2CCC[C@@H]21. The fourth-order valence-corrected chi connectivity index (χ4v) is 4.06. The molecule has 4 nitrogen and oxygen atoms in total. The molecule has 1 unspecified atom stereocenters. The first-order chi connectivity index (χ1) is 8.74. The van der Waals surface area contributed by atoms with Crippen LogP contribution in [0.25, 0.3) is 0 Å². The lowest BCUT2D eigenvalue weighted by molar-refractivity contribution is -0.120. The number of H-pyrrole nitrogens is 1. The number of aromatic amines is 1. The molecule has 18 heavy (non-hydrogen) atoms. The molecular formula is C14H21N3O. The van der Waals surface area contributed by atoms with E-state index in [0.717, 1.165) is 12.3 Å². The third kappa shape index (κ3) is 2.16. The van der Waals surface area contributed by atoms with Crippen molar-refractivity contribution in [3.05, 3.63) is 18.2 Å². The summed E-state index contributed by atoms with van der Waals surface area (Å²) in [5, 5.41) is 3.20. The van der Waals surface area contributed by atoms with Crippen molar-refractivity contribution < 1.29 is 4.79 Å². The van der Waals surface area contributed by atoms with Gasteiger partial charge >= 0.3 is 0 Å². The number of hydrogen-bond acceptors (Lipinski definition) is 2. The Bertz CT molecular complexity index is 415. The highest BCUT2D eigenvalue weighted by molar-refractivity contribution is 5.73. The van der Waals surface area contributed by atoms with Crippen LogP contribution in [0.15, 0.2) is 12.5 Å². The molecule has 4 heteroatoms. The number of nitrogens with one attached hydrogen (secondary N) is 2. The van der Waals surface area contributed by atoms with Gasteiger partial charge in [0.1, 0.15) is 0 Å². The minimum Gasteiger partial charge on any atom is -0.353 e. The van der Waals surface area contributed by atoms with Crippen LogP contribution in [0.5, 0.6) is 0 Å². The molecule has 0 spiro atoms. The van der Waals surface area contributed by atoms with Gasteiger partial charge in [-0.1, -0.05) is 12.8 Å². The van der Waals surface area contributed by atoms with Crippen LogP contribution in [0.4, 0.5) is 0 Å². The van der Waals surface area contributed by atoms with Gasteiger partial charge in [-0.05, 0) is 37.0 Å². The van der Waals surface area contributed by atoms with Gasteiger partial charge in [-0.15, -0.1) is 0 Å². The molecule has 98 valence electrons. The Hall–Kier alpha value is -1.32. The quantitative estimate of drug-likeness (QED) is 0.857. The molecule has 0 saturated heterocycles. The molecule has 1 aromatic heterocycles. The van der Waals surface area contributed by atoms with Crippen molar-refractivity contribution in [3.63, 3.8) is 0 Å². The monoisotopic (exact) mass is 247 g/mol. The van der Waals surface area contributed by atoms with E-state index < -0.39 is 0 Å². The van der Waals surface area contributed by atoms with Crippen molar-refractivity contribution >= 4 is 5.91 Å². The summed E-state index contributed by atoms with van der Waals surface area (Å²) in [6.07, 6.45) is 9.88. The number of imidazole rings is 1. The Morgan fingerprint density at radius 3 is 3.17 bits per heavy atom. The normalized spacial score (nSPS) is 34.5. The molecule has 2 N–H and O–H groups in total. The van der Waals surface area contributed by atoms with Crippen molar-refractivity contribution in [1.82, 2.24) is 15.3 Å². The molecule has 2 fully saturated rings. The van der Waals surface area contributed by atoms with E-state index in [4.69, 9.17) is 0 Å². The van der Waals surface area contributed by atoms with Crippen LogP contribution in [0.3, 0.4) is 0 Å². The van der Waals surface area contributed by atoms with E-state index in [2.05, 4.69) is 15.3 Å². The number of amides is 1. The summed E-state index contributed by atoms with van der Waals surface area (Å²) in [5.74, 6) is 2.23. The molecule has 1 aromatic rings. The Labute approximate surface area is 108 Å². The van der Waals surface area contributed by atoms with Gasteiger partial charge in [0.25, 0.3) is 0 Å². The number of nitrogens with zero attached hydrogens (tertiary/aromatic N) is 1. The predicted octanol–water partition coefficient (Wildman–Crippen LogP) is 1.89. The summed E-state index contributed by atoms with van der Waals surface area (Å²) in [6, 6.07) is 0.373. The van der Waals surface area contributed by atoms with E-state index in [9.17, 15) is 4.79 Å². The molecule has 2 saturated carbocycles. The molecule has 4 atom stereocenters. The number of carbonyl (C=O) groups excluding carboxylic acids is 1. The van der Waals surface area contributed by atoms with Gasteiger partial charge in [-0.2, -0.15) is 0 Å². The highest BCUT2D eigenvalue weighted by Gasteiger charge is 2.45. The Morgan fingerprint density at radius 1 is 1.56 bits per heavy atom. The maximum Gasteiger partial charge on any atom is 0.217 e. The minimum absolute atomic E-state index is 0.113. The standard InChI is InChI=1S/C14H21N3O/c1-9(18)17-14-11(6-12-7-15-8-16-12)5-10-3-2-4-13(10)14/h7-8,10-11,13-14H,2-6H2,1H3,(H,15,16)(H,17,18)/t10?,11-,13+,14-/m1/s1. The minimum atomic E-state index is 0.113. The van der Waals surface area contributed by atoms with Crippen LogP contribution >= 0.6 is 0 Å². The largest absolute Gasteiger partial charge is 0.353 e. The Balaban J connectivity index is 1.73. The molecule has 0 bridgehead atoms. The molecule has 2 aliphatic rings. The average Bonchev–Trinajstić information content (AvgIpc) is 2.99. The third-order valence-electron chi connectivity index (χ3n) is 4.70. The highest BCUT2D eigenvalue weighted by atomic mass is 16.1. The van der Waals surface area contributed by atoms with Gasteiger partial charge in [0.2, 0.25) is 5.91 Å². The van der Waals surface area contributed by atoms with E-state index in [-0.39, 0.29) is 5.91 Å². The van der Waals surface area contributed by atoms with Crippen molar-refractivity contribution in [3.8, 4) is 0 Å². The number of hydrogen-bond donors (Lipinski definition) is 2. The van der Waals surface area contributed by atoms with Gasteiger partial charge in [0, 0.05) is 24.9 Å². The Morgan fingerprint density at radius 2 is 2.44 bits per heavy atom. The first-order valence-corrected chi connectivity index (χ1v) is 6.98. The maximum absolute atomic E-state index is 11.4. The summed E-state index contributed by atoms with van der Waals surface area (Å²) >= 11 is 0. The Kier molecular flexibility index (Phi) is 3.10. The molecule has 1 amide bonds. The lowest BCUT2D eigenvalue weighted by Gasteiger charge is -2.24. The van der Waals surface area contributed by atoms with E-state index in [0.29, 0.717) is 17.9 Å². The zero-order chi connectivity index (χ0) is 12.5. The van der Waals surface area contributed by atoms with Crippen molar-refractivity contribution in [2.75, 3.05) is 0 Å². The molecule has 0 aromatic carbocycles. The van der Waals surface area contributed by atoms with Crippen LogP contribution in [0.1, 0.15) is 38.3 Å². The second-order valence-electron chi connectivity index (χ2n) is 5.86. The fraction of sp³-hybridized carbons (Fsp3) is 0.714. The van der Waals surface area contributed by atoms with Crippen molar-refractivity contribution in [2.24, 2.45) is 17.8 Å². The molecule has 0 aliphatic heterocycles. The summed E-state index contributed by atoms with van der Waals surface area (Å²) in [6.45, 7) is 1.63. The number of carbonyl (C=O) groups is 1. The van der Waals surface area contributed by atoms with E-state index >= 15 is 0 Å². The smallest absolute Gasteiger partial charge is 0.217 e. The first-order valence-electron chi connectivity index (χ1n) is 6.98. The molecule has 1 heterocycles. The van der Waals surface area contributed by atoms with Gasteiger partial charge in [-0.25, -0.2) is 4.98 Å². The molecule has 0 radical (unpaired) electrons. The van der Waals surface area contributed by atoms with E-state index in [1.807, 2.05) is 6.20 Å². The molecule has 2 aliphatic carbocycles. The van der Waals surface area contributed by atoms with Crippen LogP contribution in [0, 0.1) is 17.8 Å². The number of fused-ring (bicyclic) bond motifs is 1. The van der Waals surface area contributed by atoms with Gasteiger partial charge in [-0.3, -0.25) is 4.79 Å². The first kappa shape index (κ1) is 11.8. The lowest BCUT2D eigenvalue weighted by atomic mass is 9.92. The van der Waals surface area contributed by atoms with E-state index in [1.165, 1.54) is 31.4 Å². The van der Waals surface area contributed by atoms with Crippen LogP contribution < -0.4 is 5.32 Å². The highest BCUT2D eigenvalue weighted by Crippen LogP contribution is 2.47. The fourth-order valence-electron chi connectivity index (χ4n) is 4.06. The third-order valence-corrected chi connectivity index (χ3v) is 4.70. The topological polar surface area (TPSA) is 57.8 Å². The average molecular weight is 247 g/mol. The zero-order valence-electron chi connectivity index (χ0n) is 10.9.